The summed E-state index contributed by atoms with van der Waals surface area (Å²) in [6, 6.07) is 6.00. The Morgan fingerprint density at radius 3 is 2.94 bits per heavy atom. The van der Waals surface area contributed by atoms with Crippen LogP contribution in [-0.4, -0.2) is 18.6 Å². The predicted molar refractivity (Wildman–Crippen MR) is 79.2 cm³/mol. The van der Waals surface area contributed by atoms with Gasteiger partial charge in [-0.15, -0.1) is 11.3 Å². The first-order valence-corrected chi connectivity index (χ1v) is 7.40. The second-order valence-corrected chi connectivity index (χ2v) is 5.60. The number of rotatable bonds is 5. The van der Waals surface area contributed by atoms with Gasteiger partial charge >= 0.3 is 0 Å². The van der Waals surface area contributed by atoms with Gasteiger partial charge in [0.2, 0.25) is 0 Å². The second-order valence-electron chi connectivity index (χ2n) is 3.89. The average Bonchev–Trinajstić information content (AvgIpc) is 2.85. The van der Waals surface area contributed by atoms with Crippen molar-refractivity contribution < 1.29 is 4.74 Å². The molecule has 3 nitrogen and oxygen atoms in total. The quantitative estimate of drug-likeness (QED) is 0.915. The van der Waals surface area contributed by atoms with Crippen LogP contribution in [0.4, 0.5) is 0 Å². The normalized spacial score (nSPS) is 10.6. The van der Waals surface area contributed by atoms with Crippen molar-refractivity contribution in [3.8, 4) is 16.3 Å². The third kappa shape index (κ3) is 3.10. The Morgan fingerprint density at radius 2 is 2.28 bits per heavy atom. The summed E-state index contributed by atoms with van der Waals surface area (Å²) in [6.45, 7) is 0.709. The van der Waals surface area contributed by atoms with Gasteiger partial charge in [0.1, 0.15) is 10.8 Å². The van der Waals surface area contributed by atoms with Gasteiger partial charge in [-0.05, 0) is 53.5 Å². The summed E-state index contributed by atoms with van der Waals surface area (Å²) < 4.78 is 6.16. The maximum atomic E-state index is 5.50. The molecule has 1 heterocycles. The molecule has 0 fully saturated rings. The number of halogens is 1. The Kier molecular flexibility index (Phi) is 4.74. The van der Waals surface area contributed by atoms with E-state index in [0.29, 0.717) is 6.54 Å². The standard InChI is InChI=1S/C13H15BrN2OS/c1-17-12-5-4-9(7-11(12)14)13-16-10(8-18-13)3-2-6-15/h4-5,7-8H,2-3,6,15H2,1H3. The Balaban J connectivity index is 2.20. The first-order valence-electron chi connectivity index (χ1n) is 5.73. The molecular formula is C13H15BrN2OS. The van der Waals surface area contributed by atoms with E-state index < -0.39 is 0 Å². The van der Waals surface area contributed by atoms with Gasteiger partial charge in [0.25, 0.3) is 0 Å². The van der Waals surface area contributed by atoms with Gasteiger partial charge in [0, 0.05) is 10.9 Å². The van der Waals surface area contributed by atoms with Gasteiger partial charge in [0.05, 0.1) is 17.3 Å². The molecule has 0 aliphatic carbocycles. The largest absolute Gasteiger partial charge is 0.496 e. The molecule has 0 aliphatic rings. The lowest BCUT2D eigenvalue weighted by Crippen LogP contribution is -2.00. The summed E-state index contributed by atoms with van der Waals surface area (Å²) in [4.78, 5) is 4.62. The zero-order valence-electron chi connectivity index (χ0n) is 10.1. The van der Waals surface area contributed by atoms with Gasteiger partial charge < -0.3 is 10.5 Å². The van der Waals surface area contributed by atoms with E-state index in [1.54, 1.807) is 18.4 Å². The summed E-state index contributed by atoms with van der Waals surface area (Å²) in [5.74, 6) is 0.832. The van der Waals surface area contributed by atoms with Crippen LogP contribution < -0.4 is 10.5 Å². The molecule has 1 aromatic heterocycles. The first kappa shape index (κ1) is 13.5. The number of ether oxygens (including phenoxy) is 1. The molecule has 0 aliphatic heterocycles. The third-order valence-electron chi connectivity index (χ3n) is 2.59. The van der Waals surface area contributed by atoms with E-state index in [-0.39, 0.29) is 0 Å². The lowest BCUT2D eigenvalue weighted by Gasteiger charge is -2.04. The van der Waals surface area contributed by atoms with E-state index in [1.807, 2.05) is 18.2 Å². The first-order chi connectivity index (χ1) is 8.74. The van der Waals surface area contributed by atoms with Gasteiger partial charge in [-0.1, -0.05) is 0 Å². The minimum Gasteiger partial charge on any atom is -0.496 e. The highest BCUT2D eigenvalue weighted by Crippen LogP contribution is 2.32. The van der Waals surface area contributed by atoms with Crippen LogP contribution in [0.3, 0.4) is 0 Å². The fourth-order valence-electron chi connectivity index (χ4n) is 1.64. The van der Waals surface area contributed by atoms with E-state index in [0.717, 1.165) is 39.3 Å². The topological polar surface area (TPSA) is 48.1 Å². The van der Waals surface area contributed by atoms with Crippen LogP contribution in [0.5, 0.6) is 5.75 Å². The van der Waals surface area contributed by atoms with Crippen molar-refractivity contribution in [3.05, 3.63) is 33.7 Å². The Hall–Kier alpha value is -0.910. The number of nitrogens with zero attached hydrogens (tertiary/aromatic N) is 1. The van der Waals surface area contributed by atoms with Crippen molar-refractivity contribution in [2.24, 2.45) is 5.73 Å². The van der Waals surface area contributed by atoms with Gasteiger partial charge in [-0.2, -0.15) is 0 Å². The summed E-state index contributed by atoms with van der Waals surface area (Å²) >= 11 is 5.15. The molecule has 0 saturated heterocycles. The summed E-state index contributed by atoms with van der Waals surface area (Å²) in [6.07, 6.45) is 1.93. The molecule has 18 heavy (non-hydrogen) atoms. The van der Waals surface area contributed by atoms with Gasteiger partial charge in [-0.3, -0.25) is 0 Å². The number of nitrogens with two attached hydrogens (primary N) is 1. The minimum absolute atomic E-state index is 0.709. The van der Waals surface area contributed by atoms with Crippen LogP contribution in [0.25, 0.3) is 10.6 Å². The molecule has 0 radical (unpaired) electrons. The lowest BCUT2D eigenvalue weighted by molar-refractivity contribution is 0.412. The number of aromatic nitrogens is 1. The minimum atomic E-state index is 0.709. The highest BCUT2D eigenvalue weighted by Gasteiger charge is 2.07. The van der Waals surface area contributed by atoms with E-state index in [2.05, 4.69) is 26.3 Å². The van der Waals surface area contributed by atoms with E-state index >= 15 is 0 Å². The number of benzene rings is 1. The van der Waals surface area contributed by atoms with Crippen molar-refractivity contribution in [2.45, 2.75) is 12.8 Å². The number of thiazole rings is 1. The maximum absolute atomic E-state index is 5.50. The predicted octanol–water partition coefficient (Wildman–Crippen LogP) is 3.47. The number of aryl methyl sites for hydroxylation is 1. The zero-order chi connectivity index (χ0) is 13.0. The number of hydrogen-bond acceptors (Lipinski definition) is 4. The average molecular weight is 327 g/mol. The molecule has 0 amide bonds. The highest BCUT2D eigenvalue weighted by molar-refractivity contribution is 9.10. The maximum Gasteiger partial charge on any atom is 0.133 e. The highest BCUT2D eigenvalue weighted by atomic mass is 79.9. The molecule has 0 atom stereocenters. The molecule has 2 rings (SSSR count). The molecule has 5 heteroatoms. The number of hydrogen-bond donors (Lipinski definition) is 1. The molecule has 2 aromatic rings. The Labute approximate surface area is 119 Å². The van der Waals surface area contributed by atoms with Crippen molar-refractivity contribution in [1.29, 1.82) is 0 Å². The van der Waals surface area contributed by atoms with Crippen LogP contribution >= 0.6 is 27.3 Å². The van der Waals surface area contributed by atoms with Crippen LogP contribution in [0, 0.1) is 0 Å². The third-order valence-corrected chi connectivity index (χ3v) is 4.15. The molecule has 96 valence electrons. The molecular weight excluding hydrogens is 312 g/mol. The molecule has 0 unspecified atom stereocenters. The van der Waals surface area contributed by atoms with E-state index in [9.17, 15) is 0 Å². The van der Waals surface area contributed by atoms with E-state index in [1.165, 1.54) is 0 Å². The SMILES string of the molecule is COc1ccc(-c2nc(CCCN)cs2)cc1Br. The smallest absolute Gasteiger partial charge is 0.133 e. The molecule has 0 spiro atoms. The summed E-state index contributed by atoms with van der Waals surface area (Å²) in [5.41, 5.74) is 7.72. The Bertz CT molecular complexity index is 527. The van der Waals surface area contributed by atoms with Crippen LogP contribution in [0.1, 0.15) is 12.1 Å². The van der Waals surface area contributed by atoms with Crippen molar-refractivity contribution in [2.75, 3.05) is 13.7 Å². The number of methoxy groups -OCH3 is 1. The van der Waals surface area contributed by atoms with Crippen molar-refractivity contribution >= 4 is 27.3 Å². The second kappa shape index (κ2) is 6.31. The molecule has 0 bridgehead atoms. The monoisotopic (exact) mass is 326 g/mol. The van der Waals surface area contributed by atoms with Crippen LogP contribution in [0.15, 0.2) is 28.1 Å². The zero-order valence-corrected chi connectivity index (χ0v) is 12.6. The van der Waals surface area contributed by atoms with Crippen LogP contribution in [0.2, 0.25) is 0 Å². The lowest BCUT2D eigenvalue weighted by atomic mass is 10.2. The Morgan fingerprint density at radius 1 is 1.44 bits per heavy atom. The summed E-state index contributed by atoms with van der Waals surface area (Å²) in [5, 5.41) is 3.13. The van der Waals surface area contributed by atoms with Crippen molar-refractivity contribution in [3.63, 3.8) is 0 Å². The summed E-state index contributed by atoms with van der Waals surface area (Å²) in [7, 11) is 1.66. The molecule has 0 saturated carbocycles. The fourth-order valence-corrected chi connectivity index (χ4v) is 3.03. The van der Waals surface area contributed by atoms with Crippen LogP contribution in [-0.2, 0) is 6.42 Å². The van der Waals surface area contributed by atoms with Gasteiger partial charge in [-0.25, -0.2) is 4.98 Å². The van der Waals surface area contributed by atoms with Gasteiger partial charge in [0.15, 0.2) is 0 Å². The molecule has 1 aromatic carbocycles. The fraction of sp³-hybridized carbons (Fsp3) is 0.308. The van der Waals surface area contributed by atoms with Crippen molar-refractivity contribution in [1.82, 2.24) is 4.98 Å². The molecule has 2 N–H and O–H groups in total. The van der Waals surface area contributed by atoms with E-state index in [4.69, 9.17) is 10.5 Å².